The van der Waals surface area contributed by atoms with Gasteiger partial charge in [0.25, 0.3) is 0 Å². The summed E-state index contributed by atoms with van der Waals surface area (Å²) in [5, 5.41) is 4.42. The molecule has 0 aromatic heterocycles. The highest BCUT2D eigenvalue weighted by atomic mass is 35.5. The Labute approximate surface area is 134 Å². The van der Waals surface area contributed by atoms with Gasteiger partial charge in [0.05, 0.1) is 20.8 Å². The van der Waals surface area contributed by atoms with Gasteiger partial charge in [-0.15, -0.1) is 0 Å². The van der Waals surface area contributed by atoms with E-state index in [1.54, 1.807) is 18.2 Å². The van der Waals surface area contributed by atoms with Crippen molar-refractivity contribution in [3.05, 3.63) is 28.2 Å². The Morgan fingerprint density at radius 2 is 1.90 bits per heavy atom. The van der Waals surface area contributed by atoms with Gasteiger partial charge in [0.15, 0.2) is 0 Å². The third kappa shape index (κ3) is 5.36. The minimum atomic E-state index is -1.09. The summed E-state index contributed by atoms with van der Waals surface area (Å²) in [5.74, 6) is 0.571. The van der Waals surface area contributed by atoms with E-state index in [1.165, 1.54) is 0 Å². The fourth-order valence-corrected chi connectivity index (χ4v) is 3.74. The van der Waals surface area contributed by atoms with Gasteiger partial charge >= 0.3 is 0 Å². The minimum Gasteiger partial charge on any atom is -0.313 e. The SMILES string of the molecule is CCCNC(CS(=O)c1ccc(Cl)c(Cl)c1)C(C)(C)C. The van der Waals surface area contributed by atoms with E-state index >= 15 is 0 Å². The Kier molecular flexibility index (Phi) is 6.99. The normalized spacial score (nSPS) is 15.1. The van der Waals surface area contributed by atoms with Gasteiger partial charge in [-0.2, -0.15) is 0 Å². The second-order valence-corrected chi connectivity index (χ2v) is 8.27. The Balaban J connectivity index is 2.82. The van der Waals surface area contributed by atoms with Gasteiger partial charge in [0, 0.05) is 16.7 Å². The second kappa shape index (κ2) is 7.79. The lowest BCUT2D eigenvalue weighted by molar-refractivity contribution is 0.290. The highest BCUT2D eigenvalue weighted by Gasteiger charge is 2.26. The summed E-state index contributed by atoms with van der Waals surface area (Å²) in [6.45, 7) is 9.54. The standard InChI is InChI=1S/C15H23Cl2NOS/c1-5-8-18-14(15(2,3)4)10-20(19)11-6-7-12(16)13(17)9-11/h6-7,9,14,18H,5,8,10H2,1-4H3. The zero-order valence-electron chi connectivity index (χ0n) is 12.5. The molecule has 0 heterocycles. The monoisotopic (exact) mass is 335 g/mol. The smallest absolute Gasteiger partial charge is 0.0604 e. The molecular weight excluding hydrogens is 313 g/mol. The van der Waals surface area contributed by atoms with Crippen molar-refractivity contribution in [3.63, 3.8) is 0 Å². The number of hydrogen-bond donors (Lipinski definition) is 1. The first-order chi connectivity index (χ1) is 9.25. The van der Waals surface area contributed by atoms with E-state index in [2.05, 4.69) is 33.0 Å². The number of nitrogens with one attached hydrogen (secondary N) is 1. The fraction of sp³-hybridized carbons (Fsp3) is 0.600. The molecule has 2 atom stereocenters. The molecule has 0 radical (unpaired) electrons. The van der Waals surface area contributed by atoms with Gasteiger partial charge < -0.3 is 5.32 Å². The second-order valence-electron chi connectivity index (χ2n) is 5.96. The van der Waals surface area contributed by atoms with Crippen LogP contribution in [0.15, 0.2) is 23.1 Å². The molecule has 0 saturated heterocycles. The molecule has 1 rings (SSSR count). The summed E-state index contributed by atoms with van der Waals surface area (Å²) in [6, 6.07) is 5.37. The molecule has 2 unspecified atom stereocenters. The highest BCUT2D eigenvalue weighted by Crippen LogP contribution is 2.26. The third-order valence-corrected chi connectivity index (χ3v) is 5.31. The molecule has 5 heteroatoms. The third-order valence-electron chi connectivity index (χ3n) is 3.16. The molecule has 0 aliphatic carbocycles. The molecule has 114 valence electrons. The Bertz CT molecular complexity index is 471. The molecule has 0 amide bonds. The lowest BCUT2D eigenvalue weighted by Crippen LogP contribution is -2.44. The van der Waals surface area contributed by atoms with E-state index in [1.807, 2.05) is 0 Å². The van der Waals surface area contributed by atoms with Crippen LogP contribution in [-0.2, 0) is 10.8 Å². The molecule has 0 bridgehead atoms. The average molecular weight is 336 g/mol. The zero-order valence-corrected chi connectivity index (χ0v) is 14.8. The predicted octanol–water partition coefficient (Wildman–Crippen LogP) is 4.52. The van der Waals surface area contributed by atoms with Crippen LogP contribution in [0.2, 0.25) is 10.0 Å². The van der Waals surface area contributed by atoms with Crippen LogP contribution in [0, 0.1) is 5.41 Å². The van der Waals surface area contributed by atoms with Crippen molar-refractivity contribution in [2.75, 3.05) is 12.3 Å². The van der Waals surface area contributed by atoms with E-state index in [0.29, 0.717) is 15.8 Å². The van der Waals surface area contributed by atoms with Gasteiger partial charge in [-0.05, 0) is 36.6 Å². The Morgan fingerprint density at radius 3 is 2.40 bits per heavy atom. The van der Waals surface area contributed by atoms with Crippen LogP contribution >= 0.6 is 23.2 Å². The molecule has 0 saturated carbocycles. The molecule has 1 N–H and O–H groups in total. The van der Waals surface area contributed by atoms with Gasteiger partial charge in [-0.25, -0.2) is 0 Å². The van der Waals surface area contributed by atoms with Crippen molar-refractivity contribution >= 4 is 34.0 Å². The van der Waals surface area contributed by atoms with Crippen molar-refractivity contribution in [3.8, 4) is 0 Å². The fourth-order valence-electron chi connectivity index (χ4n) is 1.80. The van der Waals surface area contributed by atoms with Gasteiger partial charge in [0.1, 0.15) is 0 Å². The maximum absolute atomic E-state index is 12.5. The summed E-state index contributed by atoms with van der Waals surface area (Å²) in [5.41, 5.74) is 0.0566. The van der Waals surface area contributed by atoms with Crippen molar-refractivity contribution in [2.45, 2.75) is 45.1 Å². The van der Waals surface area contributed by atoms with Crippen molar-refractivity contribution in [2.24, 2.45) is 5.41 Å². The zero-order chi connectivity index (χ0) is 15.3. The Hall–Kier alpha value is -0.0900. The van der Waals surface area contributed by atoms with Crippen LogP contribution in [0.4, 0.5) is 0 Å². The molecule has 0 aliphatic rings. The van der Waals surface area contributed by atoms with Crippen LogP contribution in [-0.4, -0.2) is 22.5 Å². The minimum absolute atomic E-state index is 0.0566. The number of halogens is 2. The van der Waals surface area contributed by atoms with Crippen molar-refractivity contribution in [1.82, 2.24) is 5.32 Å². The maximum atomic E-state index is 12.5. The maximum Gasteiger partial charge on any atom is 0.0604 e. The largest absolute Gasteiger partial charge is 0.313 e. The van der Waals surface area contributed by atoms with E-state index in [-0.39, 0.29) is 11.5 Å². The molecule has 20 heavy (non-hydrogen) atoms. The lowest BCUT2D eigenvalue weighted by Gasteiger charge is -2.31. The van der Waals surface area contributed by atoms with Crippen molar-refractivity contribution in [1.29, 1.82) is 0 Å². The molecule has 0 fully saturated rings. The lowest BCUT2D eigenvalue weighted by atomic mass is 9.88. The first kappa shape index (κ1) is 18.0. The van der Waals surface area contributed by atoms with Crippen molar-refractivity contribution < 1.29 is 4.21 Å². The van der Waals surface area contributed by atoms with Crippen LogP contribution in [0.1, 0.15) is 34.1 Å². The predicted molar refractivity (Wildman–Crippen MR) is 89.3 cm³/mol. The van der Waals surface area contributed by atoms with Gasteiger partial charge in [0.2, 0.25) is 0 Å². The summed E-state index contributed by atoms with van der Waals surface area (Å²) >= 11 is 11.9. The molecule has 0 spiro atoms. The van der Waals surface area contributed by atoms with Crippen LogP contribution in [0.25, 0.3) is 0 Å². The number of benzene rings is 1. The average Bonchev–Trinajstić information content (AvgIpc) is 2.36. The molecule has 2 nitrogen and oxygen atoms in total. The summed E-state index contributed by atoms with van der Waals surface area (Å²) in [4.78, 5) is 0.729. The first-order valence-corrected chi connectivity index (χ1v) is 8.90. The Morgan fingerprint density at radius 1 is 1.25 bits per heavy atom. The quantitative estimate of drug-likeness (QED) is 0.828. The number of rotatable bonds is 6. The van der Waals surface area contributed by atoms with Gasteiger partial charge in [-0.1, -0.05) is 50.9 Å². The summed E-state index contributed by atoms with van der Waals surface area (Å²) in [7, 11) is -1.09. The van der Waals surface area contributed by atoms with E-state index in [0.717, 1.165) is 17.9 Å². The van der Waals surface area contributed by atoms with Crippen LogP contribution in [0.5, 0.6) is 0 Å². The molecule has 0 aliphatic heterocycles. The first-order valence-electron chi connectivity index (χ1n) is 6.82. The number of hydrogen-bond acceptors (Lipinski definition) is 2. The summed E-state index contributed by atoms with van der Waals surface area (Å²) in [6.07, 6.45) is 1.06. The van der Waals surface area contributed by atoms with E-state index in [9.17, 15) is 4.21 Å². The van der Waals surface area contributed by atoms with Crippen LogP contribution in [0.3, 0.4) is 0 Å². The molecular formula is C15H23Cl2NOS. The molecule has 1 aromatic carbocycles. The van der Waals surface area contributed by atoms with Gasteiger partial charge in [-0.3, -0.25) is 4.21 Å². The van der Waals surface area contributed by atoms with Crippen LogP contribution < -0.4 is 5.32 Å². The topological polar surface area (TPSA) is 29.1 Å². The van der Waals surface area contributed by atoms with E-state index < -0.39 is 10.8 Å². The van der Waals surface area contributed by atoms with E-state index in [4.69, 9.17) is 23.2 Å². The molecule has 1 aromatic rings. The summed E-state index contributed by atoms with van der Waals surface area (Å²) < 4.78 is 12.5. The highest BCUT2D eigenvalue weighted by molar-refractivity contribution is 7.85.